The van der Waals surface area contributed by atoms with Gasteiger partial charge in [0.05, 0.1) is 6.04 Å². The predicted octanol–water partition coefficient (Wildman–Crippen LogP) is 2.30. The lowest BCUT2D eigenvalue weighted by atomic mass is 10.1. The van der Waals surface area contributed by atoms with Crippen LogP contribution in [0.2, 0.25) is 0 Å². The van der Waals surface area contributed by atoms with Crippen LogP contribution in [0, 0.1) is 12.8 Å². The van der Waals surface area contributed by atoms with Gasteiger partial charge in [-0.05, 0) is 31.7 Å². The molecule has 1 atom stereocenters. The number of rotatable bonds is 4. The highest BCUT2D eigenvalue weighted by atomic mass is 16.2. The molecule has 6 nitrogen and oxygen atoms in total. The molecule has 6 heteroatoms. The van der Waals surface area contributed by atoms with Gasteiger partial charge in [-0.25, -0.2) is 4.98 Å². The lowest BCUT2D eigenvalue weighted by molar-refractivity contribution is -0.132. The molecule has 1 saturated carbocycles. The van der Waals surface area contributed by atoms with Crippen molar-refractivity contribution in [2.45, 2.75) is 38.8 Å². The zero-order chi connectivity index (χ0) is 17.2. The Balaban J connectivity index is 1.54. The average Bonchev–Trinajstić information content (AvgIpc) is 3.41. The Bertz CT molecular complexity index is 724. The van der Waals surface area contributed by atoms with E-state index in [4.69, 9.17) is 0 Å². The van der Waals surface area contributed by atoms with E-state index in [1.165, 1.54) is 5.56 Å². The van der Waals surface area contributed by atoms with Gasteiger partial charge < -0.3 is 4.90 Å². The third-order valence-corrected chi connectivity index (χ3v) is 5.15. The molecule has 4 rings (SSSR count). The first-order chi connectivity index (χ1) is 12.2. The average molecular weight is 339 g/mol. The van der Waals surface area contributed by atoms with Gasteiger partial charge in [-0.2, -0.15) is 5.10 Å². The molecule has 2 aromatic rings. The molecule has 1 amide bonds. The third-order valence-electron chi connectivity index (χ3n) is 5.15. The van der Waals surface area contributed by atoms with Gasteiger partial charge in [-0.3, -0.25) is 14.8 Å². The molecule has 25 heavy (non-hydrogen) atoms. The second kappa shape index (κ2) is 6.96. The molecular formula is C19H25N5O. The first-order valence-corrected chi connectivity index (χ1v) is 9.16. The summed E-state index contributed by atoms with van der Waals surface area (Å²) in [6.45, 7) is 5.22. The van der Waals surface area contributed by atoms with Gasteiger partial charge in [0, 0.05) is 32.1 Å². The van der Waals surface area contributed by atoms with Crippen LogP contribution in [0.1, 0.15) is 42.5 Å². The molecule has 0 spiro atoms. The monoisotopic (exact) mass is 339 g/mol. The van der Waals surface area contributed by atoms with E-state index in [1.807, 2.05) is 13.0 Å². The maximum Gasteiger partial charge on any atom is 0.225 e. The first-order valence-electron chi connectivity index (χ1n) is 9.16. The van der Waals surface area contributed by atoms with E-state index in [0.29, 0.717) is 5.91 Å². The minimum atomic E-state index is 0.141. The summed E-state index contributed by atoms with van der Waals surface area (Å²) in [6, 6.07) is 10.6. The molecule has 1 unspecified atom stereocenters. The Hall–Kier alpha value is -2.21. The summed E-state index contributed by atoms with van der Waals surface area (Å²) in [7, 11) is 0. The topological polar surface area (TPSA) is 65.1 Å². The van der Waals surface area contributed by atoms with Crippen LogP contribution in [-0.4, -0.2) is 50.5 Å². The van der Waals surface area contributed by atoms with Crippen molar-refractivity contribution in [1.82, 2.24) is 25.0 Å². The zero-order valence-corrected chi connectivity index (χ0v) is 14.7. The van der Waals surface area contributed by atoms with Crippen LogP contribution in [-0.2, 0) is 11.3 Å². The lowest BCUT2D eigenvalue weighted by Crippen LogP contribution is -2.36. The molecule has 1 aromatic heterocycles. The Morgan fingerprint density at radius 2 is 1.96 bits per heavy atom. The van der Waals surface area contributed by atoms with Gasteiger partial charge in [-0.1, -0.05) is 30.3 Å². The lowest BCUT2D eigenvalue weighted by Gasteiger charge is -2.27. The molecular weight excluding hydrogens is 314 g/mol. The van der Waals surface area contributed by atoms with E-state index in [2.05, 4.69) is 49.2 Å². The van der Waals surface area contributed by atoms with E-state index >= 15 is 0 Å². The molecule has 1 N–H and O–H groups in total. The number of aromatic amines is 1. The summed E-state index contributed by atoms with van der Waals surface area (Å²) in [4.78, 5) is 21.5. The van der Waals surface area contributed by atoms with Gasteiger partial charge in [0.1, 0.15) is 5.82 Å². The van der Waals surface area contributed by atoms with Crippen molar-refractivity contribution >= 4 is 5.91 Å². The number of amides is 1. The smallest absolute Gasteiger partial charge is 0.225 e. The van der Waals surface area contributed by atoms with E-state index in [1.54, 1.807) is 0 Å². The quantitative estimate of drug-likeness (QED) is 0.928. The van der Waals surface area contributed by atoms with Crippen molar-refractivity contribution in [2.24, 2.45) is 5.92 Å². The number of benzene rings is 1. The van der Waals surface area contributed by atoms with Crippen molar-refractivity contribution in [3.05, 3.63) is 47.5 Å². The molecule has 2 heterocycles. The van der Waals surface area contributed by atoms with Crippen LogP contribution in [0.15, 0.2) is 30.3 Å². The Kier molecular flexibility index (Phi) is 4.53. The minimum absolute atomic E-state index is 0.141. The van der Waals surface area contributed by atoms with Crippen molar-refractivity contribution in [1.29, 1.82) is 0 Å². The molecule has 1 saturated heterocycles. The normalized spacial score (nSPS) is 22.0. The molecule has 132 valence electrons. The number of aryl methyl sites for hydroxylation is 1. The third kappa shape index (κ3) is 3.74. The highest BCUT2D eigenvalue weighted by molar-refractivity contribution is 5.81. The number of hydrogen-bond acceptors (Lipinski definition) is 4. The number of nitrogens with zero attached hydrogens (tertiary/aromatic N) is 4. The van der Waals surface area contributed by atoms with E-state index in [-0.39, 0.29) is 12.0 Å². The minimum Gasteiger partial charge on any atom is -0.341 e. The van der Waals surface area contributed by atoms with Crippen LogP contribution in [0.4, 0.5) is 0 Å². The number of carbonyl (C=O) groups is 1. The summed E-state index contributed by atoms with van der Waals surface area (Å²) >= 11 is 0. The second-order valence-electron chi connectivity index (χ2n) is 7.14. The molecule has 2 aliphatic rings. The van der Waals surface area contributed by atoms with Gasteiger partial charge in [0.25, 0.3) is 0 Å². The van der Waals surface area contributed by atoms with Crippen LogP contribution in [0.25, 0.3) is 0 Å². The summed E-state index contributed by atoms with van der Waals surface area (Å²) < 4.78 is 0. The summed E-state index contributed by atoms with van der Waals surface area (Å²) in [5, 5.41) is 7.37. The number of aromatic nitrogens is 3. The standard InChI is InChI=1S/C19H25N5O/c1-14-20-18(22-21-14)17-9-10-23(19(25)16-7-8-16)11-12-24(17)13-15-5-3-2-4-6-15/h2-6,16-17H,7-13H2,1H3,(H,20,21,22). The molecule has 1 aliphatic carbocycles. The molecule has 1 aliphatic heterocycles. The second-order valence-corrected chi connectivity index (χ2v) is 7.14. The van der Waals surface area contributed by atoms with Crippen LogP contribution in [0.5, 0.6) is 0 Å². The van der Waals surface area contributed by atoms with Gasteiger partial charge in [-0.15, -0.1) is 0 Å². The predicted molar refractivity (Wildman–Crippen MR) is 94.6 cm³/mol. The number of hydrogen-bond donors (Lipinski definition) is 1. The van der Waals surface area contributed by atoms with Crippen molar-refractivity contribution < 1.29 is 4.79 Å². The first kappa shape index (κ1) is 16.3. The number of H-pyrrole nitrogens is 1. The van der Waals surface area contributed by atoms with E-state index in [9.17, 15) is 4.79 Å². The largest absolute Gasteiger partial charge is 0.341 e. The molecule has 0 radical (unpaired) electrons. The Morgan fingerprint density at radius 1 is 1.16 bits per heavy atom. The molecule has 2 fully saturated rings. The molecule has 1 aromatic carbocycles. The fourth-order valence-electron chi connectivity index (χ4n) is 3.59. The SMILES string of the molecule is Cc1nc(C2CCN(C(=O)C3CC3)CCN2Cc2ccccc2)n[nH]1. The maximum atomic E-state index is 12.5. The zero-order valence-electron chi connectivity index (χ0n) is 14.7. The Morgan fingerprint density at radius 3 is 2.64 bits per heavy atom. The van der Waals surface area contributed by atoms with Crippen molar-refractivity contribution in [3.8, 4) is 0 Å². The van der Waals surface area contributed by atoms with Gasteiger partial charge in [0.2, 0.25) is 5.91 Å². The summed E-state index contributed by atoms with van der Waals surface area (Å²) in [5.41, 5.74) is 1.28. The maximum absolute atomic E-state index is 12.5. The van der Waals surface area contributed by atoms with Crippen LogP contribution >= 0.6 is 0 Å². The van der Waals surface area contributed by atoms with E-state index < -0.39 is 0 Å². The number of carbonyl (C=O) groups excluding carboxylic acids is 1. The highest BCUT2D eigenvalue weighted by Crippen LogP contribution is 2.33. The van der Waals surface area contributed by atoms with Crippen LogP contribution < -0.4 is 0 Å². The Labute approximate surface area is 148 Å². The van der Waals surface area contributed by atoms with Gasteiger partial charge >= 0.3 is 0 Å². The summed E-state index contributed by atoms with van der Waals surface area (Å²) in [5.74, 6) is 2.30. The van der Waals surface area contributed by atoms with Gasteiger partial charge in [0.15, 0.2) is 5.82 Å². The van der Waals surface area contributed by atoms with Crippen molar-refractivity contribution in [3.63, 3.8) is 0 Å². The van der Waals surface area contributed by atoms with Crippen LogP contribution in [0.3, 0.4) is 0 Å². The summed E-state index contributed by atoms with van der Waals surface area (Å²) in [6.07, 6.45) is 3.00. The number of nitrogens with one attached hydrogen (secondary N) is 1. The van der Waals surface area contributed by atoms with E-state index in [0.717, 1.165) is 57.1 Å². The molecule has 0 bridgehead atoms. The fourth-order valence-corrected chi connectivity index (χ4v) is 3.59. The highest BCUT2D eigenvalue weighted by Gasteiger charge is 2.36. The van der Waals surface area contributed by atoms with Crippen molar-refractivity contribution in [2.75, 3.05) is 19.6 Å². The fraction of sp³-hybridized carbons (Fsp3) is 0.526.